The molecule has 0 unspecified atom stereocenters. The summed E-state index contributed by atoms with van der Waals surface area (Å²) in [5.74, 6) is -2.70. The molecule has 5 nitrogen and oxygen atoms in total. The zero-order valence-electron chi connectivity index (χ0n) is 13.6. The van der Waals surface area contributed by atoms with Crippen LogP contribution in [-0.2, 0) is 21.4 Å². The SMILES string of the molecule is Cc1ccccc1CNC(=O)CCNS(=O)(=O)c1ccc(F)c(F)c1. The second-order valence-electron chi connectivity index (χ2n) is 5.43. The smallest absolute Gasteiger partial charge is 0.240 e. The summed E-state index contributed by atoms with van der Waals surface area (Å²) in [5.41, 5.74) is 2.01. The number of nitrogens with one attached hydrogen (secondary N) is 2. The first-order valence-electron chi connectivity index (χ1n) is 7.55. The van der Waals surface area contributed by atoms with Gasteiger partial charge in [0.15, 0.2) is 11.6 Å². The van der Waals surface area contributed by atoms with Crippen LogP contribution in [0.2, 0.25) is 0 Å². The third-order valence-corrected chi connectivity index (χ3v) is 5.04. The fourth-order valence-corrected chi connectivity index (χ4v) is 3.16. The van der Waals surface area contributed by atoms with Crippen LogP contribution in [0.1, 0.15) is 17.5 Å². The number of sulfonamides is 1. The summed E-state index contributed by atoms with van der Waals surface area (Å²) in [6.45, 7) is 2.12. The molecule has 25 heavy (non-hydrogen) atoms. The van der Waals surface area contributed by atoms with Crippen LogP contribution >= 0.6 is 0 Å². The van der Waals surface area contributed by atoms with E-state index in [2.05, 4.69) is 10.0 Å². The van der Waals surface area contributed by atoms with Gasteiger partial charge in [-0.2, -0.15) is 0 Å². The van der Waals surface area contributed by atoms with Crippen LogP contribution in [0.4, 0.5) is 8.78 Å². The topological polar surface area (TPSA) is 75.3 Å². The van der Waals surface area contributed by atoms with Crippen molar-refractivity contribution < 1.29 is 22.0 Å². The van der Waals surface area contributed by atoms with Gasteiger partial charge in [0.05, 0.1) is 4.90 Å². The van der Waals surface area contributed by atoms with Crippen molar-refractivity contribution in [2.45, 2.75) is 24.8 Å². The maximum Gasteiger partial charge on any atom is 0.240 e. The van der Waals surface area contributed by atoms with Gasteiger partial charge in [0.2, 0.25) is 15.9 Å². The van der Waals surface area contributed by atoms with Crippen LogP contribution in [0.15, 0.2) is 47.4 Å². The third kappa shape index (κ3) is 5.33. The lowest BCUT2D eigenvalue weighted by Gasteiger charge is -2.09. The first-order valence-corrected chi connectivity index (χ1v) is 9.04. The van der Waals surface area contributed by atoms with Gasteiger partial charge < -0.3 is 5.32 Å². The lowest BCUT2D eigenvalue weighted by Crippen LogP contribution is -2.30. The van der Waals surface area contributed by atoms with Gasteiger partial charge in [-0.05, 0) is 36.2 Å². The summed E-state index contributed by atoms with van der Waals surface area (Å²) < 4.78 is 52.1. The van der Waals surface area contributed by atoms with Crippen LogP contribution in [0.3, 0.4) is 0 Å². The Bertz CT molecular complexity index is 870. The molecule has 2 aromatic carbocycles. The van der Waals surface area contributed by atoms with Gasteiger partial charge in [0.25, 0.3) is 0 Å². The second kappa shape index (κ2) is 8.17. The molecule has 134 valence electrons. The van der Waals surface area contributed by atoms with Gasteiger partial charge in [0.1, 0.15) is 0 Å². The molecule has 0 aliphatic carbocycles. The van der Waals surface area contributed by atoms with E-state index >= 15 is 0 Å². The van der Waals surface area contributed by atoms with Crippen LogP contribution < -0.4 is 10.0 Å². The van der Waals surface area contributed by atoms with Crippen molar-refractivity contribution in [3.05, 3.63) is 65.2 Å². The minimum Gasteiger partial charge on any atom is -0.352 e. The van der Waals surface area contributed by atoms with E-state index in [0.29, 0.717) is 12.6 Å². The van der Waals surface area contributed by atoms with E-state index in [1.54, 1.807) is 0 Å². The van der Waals surface area contributed by atoms with E-state index in [-0.39, 0.29) is 18.9 Å². The van der Waals surface area contributed by atoms with Gasteiger partial charge in [-0.1, -0.05) is 24.3 Å². The van der Waals surface area contributed by atoms with Crippen molar-refractivity contribution in [3.63, 3.8) is 0 Å². The molecule has 1 amide bonds. The number of hydrogen-bond donors (Lipinski definition) is 2. The van der Waals surface area contributed by atoms with Crippen molar-refractivity contribution in [2.24, 2.45) is 0 Å². The highest BCUT2D eigenvalue weighted by molar-refractivity contribution is 7.89. The molecular formula is C17H18F2N2O3S. The first-order chi connectivity index (χ1) is 11.8. The van der Waals surface area contributed by atoms with Gasteiger partial charge in [0, 0.05) is 19.5 Å². The predicted molar refractivity (Wildman–Crippen MR) is 89.2 cm³/mol. The molecule has 0 aliphatic rings. The molecule has 0 heterocycles. The molecule has 0 atom stereocenters. The fraction of sp³-hybridized carbons (Fsp3) is 0.235. The number of hydrogen-bond acceptors (Lipinski definition) is 3. The van der Waals surface area contributed by atoms with Gasteiger partial charge in [-0.3, -0.25) is 4.79 Å². The number of halogens is 2. The van der Waals surface area contributed by atoms with Crippen molar-refractivity contribution in [2.75, 3.05) is 6.54 Å². The van der Waals surface area contributed by atoms with E-state index in [9.17, 15) is 22.0 Å². The molecule has 0 spiro atoms. The summed E-state index contributed by atoms with van der Waals surface area (Å²) in [6, 6.07) is 9.87. The molecule has 2 N–H and O–H groups in total. The van der Waals surface area contributed by atoms with Gasteiger partial charge in [-0.25, -0.2) is 21.9 Å². The number of benzene rings is 2. The van der Waals surface area contributed by atoms with E-state index in [1.165, 1.54) is 0 Å². The minimum absolute atomic E-state index is 0.0746. The highest BCUT2D eigenvalue weighted by atomic mass is 32.2. The lowest BCUT2D eigenvalue weighted by atomic mass is 10.1. The summed E-state index contributed by atoms with van der Waals surface area (Å²) in [4.78, 5) is 11.4. The van der Waals surface area contributed by atoms with E-state index in [0.717, 1.165) is 23.3 Å². The maximum atomic E-state index is 13.1. The summed E-state index contributed by atoms with van der Waals surface area (Å²) >= 11 is 0. The highest BCUT2D eigenvalue weighted by Gasteiger charge is 2.16. The Morgan fingerprint density at radius 1 is 1.08 bits per heavy atom. The zero-order chi connectivity index (χ0) is 18.4. The Balaban J connectivity index is 1.84. The highest BCUT2D eigenvalue weighted by Crippen LogP contribution is 2.13. The van der Waals surface area contributed by atoms with E-state index in [1.807, 2.05) is 31.2 Å². The van der Waals surface area contributed by atoms with Crippen LogP contribution in [0.5, 0.6) is 0 Å². The first kappa shape index (κ1) is 19.0. The standard InChI is InChI=1S/C17H18F2N2O3S/c1-12-4-2-3-5-13(12)11-20-17(22)8-9-21-25(23,24)14-6-7-15(18)16(19)10-14/h2-7,10,21H,8-9,11H2,1H3,(H,20,22). The molecule has 2 aromatic rings. The number of carbonyl (C=O) groups is 1. The Labute approximate surface area is 145 Å². The quantitative estimate of drug-likeness (QED) is 0.787. The van der Waals surface area contributed by atoms with Crippen LogP contribution in [-0.4, -0.2) is 20.9 Å². The van der Waals surface area contributed by atoms with Crippen LogP contribution in [0.25, 0.3) is 0 Å². The predicted octanol–water partition coefficient (Wildman–Crippen LogP) is 2.26. The minimum atomic E-state index is -4.01. The maximum absolute atomic E-state index is 13.1. The Kier molecular flexibility index (Phi) is 6.22. The molecule has 0 saturated heterocycles. The largest absolute Gasteiger partial charge is 0.352 e. The second-order valence-corrected chi connectivity index (χ2v) is 7.19. The monoisotopic (exact) mass is 368 g/mol. The lowest BCUT2D eigenvalue weighted by molar-refractivity contribution is -0.121. The van der Waals surface area contributed by atoms with Crippen molar-refractivity contribution in [3.8, 4) is 0 Å². The average Bonchev–Trinajstić information content (AvgIpc) is 2.56. The van der Waals surface area contributed by atoms with Crippen molar-refractivity contribution >= 4 is 15.9 Å². The zero-order valence-corrected chi connectivity index (χ0v) is 14.4. The fourth-order valence-electron chi connectivity index (χ4n) is 2.12. The molecule has 0 bridgehead atoms. The van der Waals surface area contributed by atoms with Crippen LogP contribution in [0, 0.1) is 18.6 Å². The number of rotatable bonds is 7. The number of carbonyl (C=O) groups excluding carboxylic acids is 1. The van der Waals surface area contributed by atoms with E-state index in [4.69, 9.17) is 0 Å². The summed E-state index contributed by atoms with van der Waals surface area (Å²) in [7, 11) is -4.01. The van der Waals surface area contributed by atoms with E-state index < -0.39 is 26.6 Å². The summed E-state index contributed by atoms with van der Waals surface area (Å²) in [5, 5.41) is 2.70. The van der Waals surface area contributed by atoms with Gasteiger partial charge >= 0.3 is 0 Å². The third-order valence-electron chi connectivity index (χ3n) is 3.58. The number of amides is 1. The molecular weight excluding hydrogens is 350 g/mol. The molecule has 0 radical (unpaired) electrons. The normalized spacial score (nSPS) is 11.3. The molecule has 0 saturated carbocycles. The summed E-state index contributed by atoms with van der Waals surface area (Å²) in [6.07, 6.45) is -0.0746. The Hall–Kier alpha value is -2.32. The molecule has 2 rings (SSSR count). The number of aryl methyl sites for hydroxylation is 1. The Morgan fingerprint density at radius 3 is 2.48 bits per heavy atom. The average molecular weight is 368 g/mol. The Morgan fingerprint density at radius 2 is 1.80 bits per heavy atom. The molecule has 0 aromatic heterocycles. The van der Waals surface area contributed by atoms with Gasteiger partial charge in [-0.15, -0.1) is 0 Å². The van der Waals surface area contributed by atoms with Crippen molar-refractivity contribution in [1.29, 1.82) is 0 Å². The molecule has 8 heteroatoms. The molecule has 0 aliphatic heterocycles. The van der Waals surface area contributed by atoms with Crippen molar-refractivity contribution in [1.82, 2.24) is 10.0 Å². The molecule has 0 fully saturated rings.